The van der Waals surface area contributed by atoms with E-state index in [-0.39, 0.29) is 35.8 Å². The van der Waals surface area contributed by atoms with Gasteiger partial charge in [0.15, 0.2) is 17.3 Å². The molecule has 4 heteroatoms. The molecule has 0 aliphatic heterocycles. The van der Waals surface area contributed by atoms with E-state index < -0.39 is 17.6 Å². The lowest BCUT2D eigenvalue weighted by molar-refractivity contribution is -0.131. The van der Waals surface area contributed by atoms with Crippen molar-refractivity contribution >= 4 is 23.1 Å². The molecular formula is C22H16O4. The first-order chi connectivity index (χ1) is 12.6. The zero-order valence-corrected chi connectivity index (χ0v) is 14.0. The van der Waals surface area contributed by atoms with Gasteiger partial charge in [-0.25, -0.2) is 0 Å². The average Bonchev–Trinajstić information content (AvgIpc) is 2.91. The number of rotatable bonds is 3. The van der Waals surface area contributed by atoms with Gasteiger partial charge in [-0.3, -0.25) is 19.2 Å². The molecule has 1 atom stereocenters. The largest absolute Gasteiger partial charge is 0.299 e. The van der Waals surface area contributed by atoms with Gasteiger partial charge in [-0.1, -0.05) is 60.7 Å². The predicted octanol–water partition coefficient (Wildman–Crippen LogP) is 3.01. The second-order valence-electron chi connectivity index (χ2n) is 6.64. The van der Waals surface area contributed by atoms with E-state index in [2.05, 4.69) is 0 Å². The monoisotopic (exact) mass is 344 g/mol. The Labute approximate surface area is 150 Å². The molecule has 2 aromatic carbocycles. The van der Waals surface area contributed by atoms with Crippen LogP contribution in [0.3, 0.4) is 0 Å². The summed E-state index contributed by atoms with van der Waals surface area (Å²) in [7, 11) is 0. The highest BCUT2D eigenvalue weighted by atomic mass is 16.2. The van der Waals surface area contributed by atoms with E-state index >= 15 is 0 Å². The first-order valence-electron chi connectivity index (χ1n) is 8.56. The summed E-state index contributed by atoms with van der Waals surface area (Å²) in [6.07, 6.45) is 1.84. The molecule has 0 aromatic heterocycles. The molecule has 0 fully saturated rings. The summed E-state index contributed by atoms with van der Waals surface area (Å²) in [5.74, 6) is -3.20. The van der Waals surface area contributed by atoms with Gasteiger partial charge < -0.3 is 0 Å². The molecule has 0 radical (unpaired) electrons. The average molecular weight is 344 g/mol. The summed E-state index contributed by atoms with van der Waals surface area (Å²) in [6.45, 7) is 0. The fraction of sp³-hybridized carbons (Fsp3) is 0.182. The zero-order chi connectivity index (χ0) is 18.3. The molecule has 0 saturated heterocycles. The molecule has 0 heterocycles. The molecule has 4 nitrogen and oxygen atoms in total. The van der Waals surface area contributed by atoms with Gasteiger partial charge >= 0.3 is 0 Å². The number of hydrogen-bond acceptors (Lipinski definition) is 4. The third-order valence-electron chi connectivity index (χ3n) is 5.09. The minimum atomic E-state index is -1.11. The van der Waals surface area contributed by atoms with Crippen LogP contribution in [0.5, 0.6) is 0 Å². The summed E-state index contributed by atoms with van der Waals surface area (Å²) >= 11 is 0. The molecule has 2 aliphatic carbocycles. The molecule has 128 valence electrons. The Hall–Kier alpha value is -3.14. The number of ketones is 4. The number of benzene rings is 2. The van der Waals surface area contributed by atoms with E-state index in [0.29, 0.717) is 11.1 Å². The smallest absolute Gasteiger partial charge is 0.178 e. The summed E-state index contributed by atoms with van der Waals surface area (Å²) < 4.78 is 0. The number of carbonyl (C=O) groups is 4. The van der Waals surface area contributed by atoms with E-state index in [1.807, 2.05) is 30.3 Å². The second-order valence-corrected chi connectivity index (χ2v) is 6.64. The van der Waals surface area contributed by atoms with Crippen molar-refractivity contribution in [1.82, 2.24) is 0 Å². The molecule has 1 unspecified atom stereocenters. The van der Waals surface area contributed by atoms with Crippen molar-refractivity contribution < 1.29 is 19.2 Å². The Morgan fingerprint density at radius 2 is 1.31 bits per heavy atom. The highest BCUT2D eigenvalue weighted by Crippen LogP contribution is 2.35. The van der Waals surface area contributed by atoms with E-state index in [4.69, 9.17) is 0 Å². The fourth-order valence-corrected chi connectivity index (χ4v) is 3.74. The maximum atomic E-state index is 13.0. The van der Waals surface area contributed by atoms with Gasteiger partial charge in [0.1, 0.15) is 11.7 Å². The van der Waals surface area contributed by atoms with Crippen LogP contribution < -0.4 is 0 Å². The van der Waals surface area contributed by atoms with E-state index in [1.165, 1.54) is 6.08 Å². The third-order valence-corrected chi connectivity index (χ3v) is 5.09. The lowest BCUT2D eigenvalue weighted by Crippen LogP contribution is -2.35. The lowest BCUT2D eigenvalue weighted by Gasteiger charge is -2.23. The Kier molecular flexibility index (Phi) is 3.96. The Morgan fingerprint density at radius 3 is 1.92 bits per heavy atom. The minimum absolute atomic E-state index is 0.0754. The van der Waals surface area contributed by atoms with E-state index in [0.717, 1.165) is 5.56 Å². The van der Waals surface area contributed by atoms with Crippen LogP contribution in [0, 0.1) is 11.8 Å². The number of allylic oxidation sites excluding steroid dienone is 2. The van der Waals surface area contributed by atoms with E-state index in [9.17, 15) is 19.2 Å². The molecule has 2 aromatic rings. The summed E-state index contributed by atoms with van der Waals surface area (Å²) in [4.78, 5) is 50.7. The molecule has 0 saturated carbocycles. The summed E-state index contributed by atoms with van der Waals surface area (Å²) in [5.41, 5.74) is 1.77. The third kappa shape index (κ3) is 2.54. The van der Waals surface area contributed by atoms with Gasteiger partial charge in [0.2, 0.25) is 0 Å². The highest BCUT2D eigenvalue weighted by molar-refractivity contribution is 6.32. The van der Waals surface area contributed by atoms with E-state index in [1.54, 1.807) is 24.3 Å². The Balaban J connectivity index is 1.66. The predicted molar refractivity (Wildman–Crippen MR) is 94.9 cm³/mol. The normalized spacial score (nSPS) is 20.3. The lowest BCUT2D eigenvalue weighted by atomic mass is 9.77. The minimum Gasteiger partial charge on any atom is -0.299 e. The zero-order valence-electron chi connectivity index (χ0n) is 14.0. The van der Waals surface area contributed by atoms with Gasteiger partial charge in [0.05, 0.1) is 5.92 Å². The van der Waals surface area contributed by atoms with Gasteiger partial charge in [0, 0.05) is 23.1 Å². The number of Topliss-reactive ketones (excluding diaryl/α,β-unsaturated/α-hetero) is 4. The maximum absolute atomic E-state index is 13.0. The molecule has 0 amide bonds. The van der Waals surface area contributed by atoms with Gasteiger partial charge in [0.25, 0.3) is 0 Å². The van der Waals surface area contributed by atoms with Gasteiger partial charge in [-0.2, -0.15) is 0 Å². The topological polar surface area (TPSA) is 68.3 Å². The van der Waals surface area contributed by atoms with Crippen molar-refractivity contribution in [2.24, 2.45) is 11.8 Å². The van der Waals surface area contributed by atoms with Crippen molar-refractivity contribution in [2.45, 2.75) is 12.8 Å². The second kappa shape index (κ2) is 6.30. The van der Waals surface area contributed by atoms with Crippen LogP contribution in [0.15, 0.2) is 66.2 Å². The molecular weight excluding hydrogens is 328 g/mol. The van der Waals surface area contributed by atoms with Gasteiger partial charge in [-0.05, 0) is 12.0 Å². The van der Waals surface area contributed by atoms with Crippen LogP contribution in [0.2, 0.25) is 0 Å². The molecule has 0 spiro atoms. The van der Waals surface area contributed by atoms with Crippen LogP contribution in [0.25, 0.3) is 0 Å². The van der Waals surface area contributed by atoms with Crippen LogP contribution in [-0.4, -0.2) is 23.1 Å². The Morgan fingerprint density at radius 1 is 0.731 bits per heavy atom. The maximum Gasteiger partial charge on any atom is 0.178 e. The fourth-order valence-electron chi connectivity index (χ4n) is 3.74. The molecule has 26 heavy (non-hydrogen) atoms. The highest BCUT2D eigenvalue weighted by Gasteiger charge is 2.45. The molecule has 2 aliphatic rings. The van der Waals surface area contributed by atoms with Crippen molar-refractivity contribution in [3.05, 3.63) is 82.9 Å². The van der Waals surface area contributed by atoms with Crippen molar-refractivity contribution in [2.75, 3.05) is 0 Å². The van der Waals surface area contributed by atoms with Crippen LogP contribution >= 0.6 is 0 Å². The van der Waals surface area contributed by atoms with Crippen LogP contribution in [0.1, 0.15) is 32.7 Å². The summed E-state index contributed by atoms with van der Waals surface area (Å²) in [6, 6.07) is 15.9. The van der Waals surface area contributed by atoms with Crippen molar-refractivity contribution in [3.63, 3.8) is 0 Å². The number of fused-ring (bicyclic) bond motifs is 1. The number of carbonyl (C=O) groups excluding carboxylic acids is 4. The van der Waals surface area contributed by atoms with Crippen molar-refractivity contribution in [1.29, 1.82) is 0 Å². The van der Waals surface area contributed by atoms with Crippen LogP contribution in [-0.2, 0) is 16.0 Å². The summed E-state index contributed by atoms with van der Waals surface area (Å²) in [5, 5.41) is 0. The quantitative estimate of drug-likeness (QED) is 0.803. The van der Waals surface area contributed by atoms with Crippen molar-refractivity contribution in [3.8, 4) is 0 Å². The van der Waals surface area contributed by atoms with Gasteiger partial charge in [-0.15, -0.1) is 0 Å². The molecule has 4 rings (SSSR count). The molecule has 0 N–H and O–H groups in total. The standard InChI is InChI=1S/C22H16O4/c23-18-11-10-16(20(24)17(18)12-13-6-2-1-3-7-13)19-21(25)14-8-4-5-9-15(14)22(19)26/h1-10,17,19H,11-12H2. The number of hydrogen-bond donors (Lipinski definition) is 0. The first kappa shape index (κ1) is 16.3. The SMILES string of the molecule is O=C1CC=C(C2C(=O)c3ccccc3C2=O)C(=O)C1Cc1ccccc1. The first-order valence-corrected chi connectivity index (χ1v) is 8.56. The van der Waals surface area contributed by atoms with Crippen LogP contribution in [0.4, 0.5) is 0 Å². The molecule has 0 bridgehead atoms. The Bertz CT molecular complexity index is 934.